The molecule has 72 valence electrons. The van der Waals surface area contributed by atoms with Gasteiger partial charge in [-0.3, -0.25) is 4.98 Å². The molecule has 1 atom stereocenters. The molecule has 0 aliphatic carbocycles. The summed E-state index contributed by atoms with van der Waals surface area (Å²) in [5, 5.41) is 9.13. The molecule has 0 amide bonds. The van der Waals surface area contributed by atoms with E-state index in [1.165, 1.54) is 0 Å². The second kappa shape index (κ2) is 3.33. The minimum absolute atomic E-state index is 0.0190. The van der Waals surface area contributed by atoms with E-state index >= 15 is 0 Å². The van der Waals surface area contributed by atoms with Crippen molar-refractivity contribution in [3.8, 4) is 0 Å². The van der Waals surface area contributed by atoms with Gasteiger partial charge in [0.05, 0.1) is 7.45 Å². The Morgan fingerprint density at radius 3 is 2.46 bits per heavy atom. The topological polar surface area (TPSA) is 33.1 Å². The maximum Gasteiger partial charge on any atom is 0.433 e. The van der Waals surface area contributed by atoms with E-state index in [9.17, 15) is 13.2 Å². The Balaban J connectivity index is 3.02. The van der Waals surface area contributed by atoms with Crippen LogP contribution in [-0.4, -0.2) is 10.1 Å². The number of nitrogens with zero attached hydrogens (tertiary/aromatic N) is 1. The summed E-state index contributed by atoms with van der Waals surface area (Å²) in [7, 11) is 0. The Morgan fingerprint density at radius 1 is 1.54 bits per heavy atom. The summed E-state index contributed by atoms with van der Waals surface area (Å²) in [4.78, 5) is 3.11. The van der Waals surface area contributed by atoms with Gasteiger partial charge in [-0.15, -0.1) is 0 Å². The van der Waals surface area contributed by atoms with E-state index in [2.05, 4.69) is 4.98 Å². The highest BCUT2D eigenvalue weighted by atomic mass is 19.4. The van der Waals surface area contributed by atoms with Crippen molar-refractivity contribution in [1.82, 2.24) is 4.98 Å². The van der Waals surface area contributed by atoms with Gasteiger partial charge in [0, 0.05) is 6.20 Å². The second-order valence-corrected chi connectivity index (χ2v) is 2.52. The van der Waals surface area contributed by atoms with Gasteiger partial charge >= 0.3 is 6.18 Å². The first-order chi connectivity index (χ1) is 6.21. The second-order valence-electron chi connectivity index (χ2n) is 2.52. The predicted molar refractivity (Wildman–Crippen MR) is 39.9 cm³/mol. The average molecular weight is 192 g/mol. The minimum atomic E-state index is -4.49. The van der Waals surface area contributed by atoms with E-state index in [1.807, 2.05) is 0 Å². The third-order valence-electron chi connectivity index (χ3n) is 1.47. The summed E-state index contributed by atoms with van der Waals surface area (Å²) in [6.07, 6.45) is -5.57. The molecule has 0 aromatic carbocycles. The van der Waals surface area contributed by atoms with Crippen molar-refractivity contribution >= 4 is 0 Å². The van der Waals surface area contributed by atoms with Crippen LogP contribution in [0, 0.1) is 0 Å². The molecular weight excluding hydrogens is 183 g/mol. The standard InChI is InChI=1S/C8H8F3NO/c1-5(13)6-2-3-7(12-4-6)8(9,10)11/h2-5,13H,1H3/i5D. The average Bonchev–Trinajstić information content (AvgIpc) is 2.01. The van der Waals surface area contributed by atoms with Crippen LogP contribution in [0.15, 0.2) is 18.3 Å². The van der Waals surface area contributed by atoms with Crippen LogP contribution in [0.2, 0.25) is 0 Å². The fraction of sp³-hybridized carbons (Fsp3) is 0.375. The third kappa shape index (κ3) is 2.42. The summed E-state index contributed by atoms with van der Waals surface area (Å²) in [6, 6.07) is 1.77. The quantitative estimate of drug-likeness (QED) is 0.739. The number of aromatic nitrogens is 1. The number of halogens is 3. The number of hydrogen-bond acceptors (Lipinski definition) is 2. The number of hydrogen-bond donors (Lipinski definition) is 1. The lowest BCUT2D eigenvalue weighted by molar-refractivity contribution is -0.141. The lowest BCUT2D eigenvalue weighted by atomic mass is 10.2. The van der Waals surface area contributed by atoms with Gasteiger partial charge in [0.25, 0.3) is 0 Å². The van der Waals surface area contributed by atoms with Crippen molar-refractivity contribution < 1.29 is 19.6 Å². The Kier molecular flexibility index (Phi) is 2.18. The number of alkyl halides is 3. The lowest BCUT2D eigenvalue weighted by Gasteiger charge is -2.07. The van der Waals surface area contributed by atoms with E-state index < -0.39 is 18.0 Å². The summed E-state index contributed by atoms with van der Waals surface area (Å²) in [6.45, 7) is 1.15. The van der Waals surface area contributed by atoms with E-state index in [4.69, 9.17) is 6.48 Å². The summed E-state index contributed by atoms with van der Waals surface area (Å²) >= 11 is 0. The molecule has 1 N–H and O–H groups in total. The summed E-state index contributed by atoms with van der Waals surface area (Å²) in [5.41, 5.74) is -1.02. The van der Waals surface area contributed by atoms with Gasteiger partial charge in [-0.2, -0.15) is 13.2 Å². The minimum Gasteiger partial charge on any atom is -0.389 e. The van der Waals surface area contributed by atoms with Gasteiger partial charge in [0.2, 0.25) is 0 Å². The Bertz CT molecular complexity index is 282. The first-order valence-corrected chi connectivity index (χ1v) is 3.47. The van der Waals surface area contributed by atoms with Crippen molar-refractivity contribution in [1.29, 1.82) is 0 Å². The highest BCUT2D eigenvalue weighted by Gasteiger charge is 2.32. The third-order valence-corrected chi connectivity index (χ3v) is 1.47. The molecule has 1 unspecified atom stereocenters. The van der Waals surface area contributed by atoms with E-state index in [0.29, 0.717) is 0 Å². The van der Waals surface area contributed by atoms with Crippen molar-refractivity contribution in [2.24, 2.45) is 0 Å². The van der Waals surface area contributed by atoms with Crippen LogP contribution in [0.25, 0.3) is 0 Å². The Labute approximate surface area is 74.4 Å². The molecule has 0 radical (unpaired) electrons. The van der Waals surface area contributed by atoms with Gasteiger partial charge in [-0.25, -0.2) is 0 Å². The van der Waals surface area contributed by atoms with Crippen LogP contribution in [0.1, 0.15) is 25.6 Å². The number of pyridine rings is 1. The largest absolute Gasteiger partial charge is 0.433 e. The lowest BCUT2D eigenvalue weighted by Crippen LogP contribution is -2.08. The molecule has 2 nitrogen and oxygen atoms in total. The molecule has 13 heavy (non-hydrogen) atoms. The first-order valence-electron chi connectivity index (χ1n) is 3.97. The molecule has 0 spiro atoms. The van der Waals surface area contributed by atoms with E-state index in [1.54, 1.807) is 0 Å². The van der Waals surface area contributed by atoms with Crippen LogP contribution in [0.4, 0.5) is 13.2 Å². The first kappa shape index (κ1) is 8.50. The summed E-state index contributed by atoms with van der Waals surface area (Å²) < 4.78 is 43.3. The normalized spacial score (nSPS) is 17.8. The van der Waals surface area contributed by atoms with E-state index in [-0.39, 0.29) is 5.56 Å². The molecule has 0 aliphatic heterocycles. The van der Waals surface area contributed by atoms with Crippen LogP contribution in [0.3, 0.4) is 0 Å². The van der Waals surface area contributed by atoms with Gasteiger partial charge in [0.1, 0.15) is 5.69 Å². The molecule has 1 aromatic rings. The fourth-order valence-corrected chi connectivity index (χ4v) is 0.776. The molecular formula is C8H8F3NO. The SMILES string of the molecule is [2H]C(C)(O)c1ccc(C(F)(F)F)nc1. The van der Waals surface area contributed by atoms with Gasteiger partial charge in [0.15, 0.2) is 0 Å². The number of aliphatic hydroxyl groups is 1. The van der Waals surface area contributed by atoms with Crippen LogP contribution >= 0.6 is 0 Å². The van der Waals surface area contributed by atoms with E-state index in [0.717, 1.165) is 25.3 Å². The molecule has 0 aliphatic rings. The highest BCUT2D eigenvalue weighted by molar-refractivity contribution is 5.17. The van der Waals surface area contributed by atoms with Crippen molar-refractivity contribution in [2.45, 2.75) is 19.2 Å². The smallest absolute Gasteiger partial charge is 0.389 e. The van der Waals surface area contributed by atoms with Crippen molar-refractivity contribution in [3.63, 3.8) is 0 Å². The zero-order chi connectivity index (χ0) is 11.0. The van der Waals surface area contributed by atoms with Crippen LogP contribution in [0.5, 0.6) is 0 Å². The molecule has 1 aromatic heterocycles. The van der Waals surface area contributed by atoms with Crippen LogP contribution in [-0.2, 0) is 6.18 Å². The zero-order valence-corrected chi connectivity index (χ0v) is 6.76. The fourth-order valence-electron chi connectivity index (χ4n) is 0.776. The maximum absolute atomic E-state index is 12.0. The molecule has 1 rings (SSSR count). The Hall–Kier alpha value is -1.10. The van der Waals surface area contributed by atoms with Crippen molar-refractivity contribution in [3.05, 3.63) is 29.6 Å². The maximum atomic E-state index is 12.0. The molecule has 0 saturated heterocycles. The molecule has 0 fully saturated rings. The van der Waals surface area contributed by atoms with Crippen molar-refractivity contribution in [2.75, 3.05) is 0 Å². The van der Waals surface area contributed by atoms with Crippen LogP contribution < -0.4 is 0 Å². The van der Waals surface area contributed by atoms with Gasteiger partial charge in [-0.05, 0) is 18.6 Å². The highest BCUT2D eigenvalue weighted by Crippen LogP contribution is 2.27. The number of rotatable bonds is 1. The molecule has 0 saturated carbocycles. The molecule has 0 bridgehead atoms. The molecule has 1 heterocycles. The zero-order valence-electron chi connectivity index (χ0n) is 7.76. The molecule has 5 heteroatoms. The Morgan fingerprint density at radius 2 is 2.15 bits per heavy atom. The van der Waals surface area contributed by atoms with Gasteiger partial charge in [-0.1, -0.05) is 6.07 Å². The summed E-state index contributed by atoms with van der Waals surface area (Å²) in [5.74, 6) is 0. The monoisotopic (exact) mass is 192 g/mol. The van der Waals surface area contributed by atoms with Gasteiger partial charge < -0.3 is 5.11 Å². The predicted octanol–water partition coefficient (Wildman–Crippen LogP) is 2.15.